The van der Waals surface area contributed by atoms with Gasteiger partial charge in [0.05, 0.1) is 5.36 Å². The number of rotatable bonds is 6. The summed E-state index contributed by atoms with van der Waals surface area (Å²) < 4.78 is 6.22. The van der Waals surface area contributed by atoms with Gasteiger partial charge in [-0.1, -0.05) is 24.3 Å². The van der Waals surface area contributed by atoms with E-state index in [1.54, 1.807) is 0 Å². The van der Waals surface area contributed by atoms with Crippen LogP contribution >= 0.6 is 0 Å². The number of fused-ring (bicyclic) bond motifs is 4. The normalized spacial score (nSPS) is 12.1. The largest absolute Gasteiger partial charge is 0.481 e. The average molecular weight is 389 g/mol. The van der Waals surface area contributed by atoms with E-state index >= 15 is 0 Å². The number of aliphatic carboxylic acids is 1. The minimum atomic E-state index is -0.805. The van der Waals surface area contributed by atoms with Gasteiger partial charge >= 0.3 is 5.97 Å². The standard InChI is InChI=1S/C23H23N3O3/c1-3-24-17-12-20-19(11-14(17)2)26-23-16-8-5-4-7-15(16)18(13-21(23)29-20)25-10-6-9-22(27)28/h4-5,7-8,11-13,24H,3,6,9-10H2,1-2H3,(H,27,28). The van der Waals surface area contributed by atoms with Crippen LogP contribution in [0, 0.1) is 6.92 Å². The van der Waals surface area contributed by atoms with Crippen molar-refractivity contribution in [2.75, 3.05) is 18.4 Å². The number of carbonyl (C=O) groups is 1. The molecule has 0 spiro atoms. The smallest absolute Gasteiger partial charge is 0.303 e. The summed E-state index contributed by atoms with van der Waals surface area (Å²) in [6.07, 6.45) is 0.609. The lowest BCUT2D eigenvalue weighted by atomic mass is 10.0. The topological polar surface area (TPSA) is 87.7 Å². The zero-order chi connectivity index (χ0) is 20.4. The van der Waals surface area contributed by atoms with Gasteiger partial charge in [0.25, 0.3) is 0 Å². The van der Waals surface area contributed by atoms with Crippen molar-refractivity contribution in [3.63, 3.8) is 0 Å². The van der Waals surface area contributed by atoms with Gasteiger partial charge in [-0.05, 0) is 31.9 Å². The zero-order valence-corrected chi connectivity index (χ0v) is 16.5. The number of hydrogen-bond acceptors (Lipinski definition) is 5. The number of aryl methyl sites for hydroxylation is 1. The molecule has 0 unspecified atom stereocenters. The van der Waals surface area contributed by atoms with E-state index in [0.717, 1.165) is 45.1 Å². The van der Waals surface area contributed by atoms with Crippen LogP contribution in [0.2, 0.25) is 0 Å². The molecule has 0 amide bonds. The predicted octanol–water partition coefficient (Wildman–Crippen LogP) is 4.59. The number of anilines is 1. The third-order valence-electron chi connectivity index (χ3n) is 4.92. The number of aromatic nitrogens is 1. The number of benzene rings is 3. The van der Waals surface area contributed by atoms with Crippen LogP contribution < -0.4 is 10.7 Å². The minimum absolute atomic E-state index is 0.109. The first-order valence-electron chi connectivity index (χ1n) is 9.80. The van der Waals surface area contributed by atoms with Crippen LogP contribution in [0.3, 0.4) is 0 Å². The first-order chi connectivity index (χ1) is 14.1. The maximum Gasteiger partial charge on any atom is 0.303 e. The van der Waals surface area contributed by atoms with E-state index < -0.39 is 5.97 Å². The molecule has 0 saturated carbocycles. The molecular formula is C23H23N3O3. The van der Waals surface area contributed by atoms with Crippen molar-refractivity contribution in [1.29, 1.82) is 0 Å². The van der Waals surface area contributed by atoms with E-state index in [-0.39, 0.29) is 6.42 Å². The molecule has 148 valence electrons. The van der Waals surface area contributed by atoms with Crippen molar-refractivity contribution in [2.45, 2.75) is 26.7 Å². The van der Waals surface area contributed by atoms with Gasteiger partial charge < -0.3 is 14.8 Å². The molecule has 4 rings (SSSR count). The second kappa shape index (κ2) is 7.91. The summed E-state index contributed by atoms with van der Waals surface area (Å²) in [5.74, 6) is -0.138. The van der Waals surface area contributed by atoms with Gasteiger partial charge in [0.15, 0.2) is 11.3 Å². The lowest BCUT2D eigenvalue weighted by molar-refractivity contribution is -0.137. The Morgan fingerprint density at radius 3 is 2.76 bits per heavy atom. The minimum Gasteiger partial charge on any atom is -0.481 e. The molecule has 2 N–H and O–H groups in total. The summed E-state index contributed by atoms with van der Waals surface area (Å²) >= 11 is 0. The van der Waals surface area contributed by atoms with Crippen LogP contribution in [0.1, 0.15) is 25.3 Å². The first kappa shape index (κ1) is 18.9. The highest BCUT2D eigenvalue weighted by Crippen LogP contribution is 2.32. The highest BCUT2D eigenvalue weighted by Gasteiger charge is 2.15. The molecule has 29 heavy (non-hydrogen) atoms. The summed E-state index contributed by atoms with van der Waals surface area (Å²) in [5.41, 5.74) is 4.48. The molecule has 6 heteroatoms. The van der Waals surface area contributed by atoms with E-state index in [2.05, 4.69) is 24.2 Å². The summed E-state index contributed by atoms with van der Waals surface area (Å²) in [5, 5.41) is 14.9. The molecular weight excluding hydrogens is 366 g/mol. The van der Waals surface area contributed by atoms with E-state index in [0.29, 0.717) is 24.3 Å². The monoisotopic (exact) mass is 389 g/mol. The Morgan fingerprint density at radius 2 is 2.00 bits per heavy atom. The van der Waals surface area contributed by atoms with Gasteiger partial charge in [0.1, 0.15) is 11.2 Å². The number of carboxylic acids is 1. The van der Waals surface area contributed by atoms with Gasteiger partial charge in [-0.15, -0.1) is 0 Å². The van der Waals surface area contributed by atoms with Gasteiger partial charge in [0, 0.05) is 48.1 Å². The van der Waals surface area contributed by atoms with Gasteiger partial charge in [-0.3, -0.25) is 9.79 Å². The van der Waals surface area contributed by atoms with Crippen LogP contribution in [0.4, 0.5) is 5.69 Å². The van der Waals surface area contributed by atoms with E-state index in [4.69, 9.17) is 14.5 Å². The molecule has 2 aliphatic rings. The summed E-state index contributed by atoms with van der Waals surface area (Å²) in [6, 6.07) is 13.9. The van der Waals surface area contributed by atoms with Crippen LogP contribution in [0.25, 0.3) is 33.3 Å². The fourth-order valence-electron chi connectivity index (χ4n) is 3.53. The van der Waals surface area contributed by atoms with Crippen molar-refractivity contribution in [2.24, 2.45) is 4.99 Å². The Bertz CT molecular complexity index is 1240. The van der Waals surface area contributed by atoms with E-state index in [1.165, 1.54) is 0 Å². The second-order valence-corrected chi connectivity index (χ2v) is 7.05. The van der Waals surface area contributed by atoms with Gasteiger partial charge in [-0.25, -0.2) is 4.98 Å². The maximum atomic E-state index is 10.8. The van der Waals surface area contributed by atoms with Gasteiger partial charge in [-0.2, -0.15) is 0 Å². The molecule has 0 radical (unpaired) electrons. The Hall–Kier alpha value is -3.41. The third-order valence-corrected chi connectivity index (χ3v) is 4.92. The molecule has 0 fully saturated rings. The quantitative estimate of drug-likeness (QED) is 0.286. The molecule has 0 saturated heterocycles. The van der Waals surface area contributed by atoms with Crippen molar-refractivity contribution in [1.82, 2.24) is 4.98 Å². The van der Waals surface area contributed by atoms with Crippen LogP contribution in [0.15, 0.2) is 51.9 Å². The van der Waals surface area contributed by atoms with E-state index in [9.17, 15) is 4.79 Å². The predicted molar refractivity (Wildman–Crippen MR) is 114 cm³/mol. The average Bonchev–Trinajstić information content (AvgIpc) is 2.71. The van der Waals surface area contributed by atoms with Crippen molar-refractivity contribution in [3.8, 4) is 11.5 Å². The van der Waals surface area contributed by atoms with Crippen LogP contribution in [0.5, 0.6) is 0 Å². The fraction of sp³-hybridized carbons (Fsp3) is 0.261. The van der Waals surface area contributed by atoms with Crippen molar-refractivity contribution >= 4 is 33.5 Å². The van der Waals surface area contributed by atoms with Crippen LogP contribution in [-0.2, 0) is 4.79 Å². The molecule has 2 aromatic carbocycles. The number of carboxylic acid groups (broad SMARTS) is 1. The Labute approximate surface area is 168 Å². The SMILES string of the molecule is CCNc1cc2oc3cc(=NCCCC(=O)O)c4ccccc4c-3nc2cc1C. The van der Waals surface area contributed by atoms with Gasteiger partial charge in [0.2, 0.25) is 0 Å². The molecule has 0 aromatic heterocycles. The summed E-state index contributed by atoms with van der Waals surface area (Å²) in [6.45, 7) is 5.40. The van der Waals surface area contributed by atoms with E-state index in [1.807, 2.05) is 42.5 Å². The molecule has 1 heterocycles. The Morgan fingerprint density at radius 1 is 1.21 bits per heavy atom. The summed E-state index contributed by atoms with van der Waals surface area (Å²) in [4.78, 5) is 20.3. The molecule has 6 nitrogen and oxygen atoms in total. The lowest BCUT2D eigenvalue weighted by Crippen LogP contribution is -2.08. The Kier molecular flexibility index (Phi) is 5.16. The third kappa shape index (κ3) is 3.78. The van der Waals surface area contributed by atoms with Crippen molar-refractivity contribution in [3.05, 3.63) is 53.4 Å². The second-order valence-electron chi connectivity index (χ2n) is 7.05. The molecule has 2 aromatic rings. The zero-order valence-electron chi connectivity index (χ0n) is 16.5. The number of nitrogens with zero attached hydrogens (tertiary/aromatic N) is 2. The number of hydrogen-bond donors (Lipinski definition) is 2. The molecule has 0 atom stereocenters. The summed E-state index contributed by atoms with van der Waals surface area (Å²) in [7, 11) is 0. The maximum absolute atomic E-state index is 10.8. The number of nitrogens with one attached hydrogen (secondary N) is 1. The molecule has 0 bridgehead atoms. The highest BCUT2D eigenvalue weighted by atomic mass is 16.4. The highest BCUT2D eigenvalue weighted by molar-refractivity contribution is 5.96. The molecule has 1 aliphatic carbocycles. The fourth-order valence-corrected chi connectivity index (χ4v) is 3.53. The lowest BCUT2D eigenvalue weighted by Gasteiger charge is -2.13. The van der Waals surface area contributed by atoms with Crippen molar-refractivity contribution < 1.29 is 14.3 Å². The molecule has 1 aliphatic heterocycles. The van der Waals surface area contributed by atoms with Crippen LogP contribution in [-0.4, -0.2) is 29.1 Å². The Balaban J connectivity index is 1.91. The first-order valence-corrected chi connectivity index (χ1v) is 9.80.